The average Bonchev–Trinajstić information content (AvgIpc) is 0.834. The first-order valence-electron chi connectivity index (χ1n) is 37.3. The minimum absolute atomic E-state index is 0. The summed E-state index contributed by atoms with van der Waals surface area (Å²) in [5, 5.41) is 0. The Kier molecular flexibility index (Phi) is 70.8. The van der Waals surface area contributed by atoms with Crippen LogP contribution in [0.5, 0.6) is 0 Å². The number of nitrogens with zero attached hydrogens (tertiary/aromatic N) is 8. The molecule has 4 heterocycles. The molecular formula is C72H130BrCl5N8O21Zn. The van der Waals surface area contributed by atoms with Gasteiger partial charge in [0.1, 0.15) is 26.2 Å². The number of aromatic nitrogens is 4. The second kappa shape index (κ2) is 65.3. The molecule has 0 aliphatic carbocycles. The van der Waals surface area contributed by atoms with Gasteiger partial charge in [-0.05, 0) is 126 Å². The molecule has 0 bridgehead atoms. The first-order chi connectivity index (χ1) is 49.0. The molecule has 0 spiro atoms. The van der Waals surface area contributed by atoms with E-state index < -0.39 is 51.2 Å². The molecule has 4 aromatic heterocycles. The fraction of sp³-hybridized carbons (Fsp3) is 0.722. The molecule has 628 valence electrons. The van der Waals surface area contributed by atoms with E-state index in [-0.39, 0.29) is 41.9 Å². The third kappa shape index (κ3) is 69.6. The van der Waals surface area contributed by atoms with Gasteiger partial charge in [0, 0.05) is 47.0 Å². The van der Waals surface area contributed by atoms with Gasteiger partial charge in [-0.2, -0.15) is 0 Å². The first-order valence-corrected chi connectivity index (χ1v) is 43.4. The van der Waals surface area contributed by atoms with Gasteiger partial charge in [0.25, 0.3) is 0 Å². The van der Waals surface area contributed by atoms with E-state index in [2.05, 4.69) is 156 Å². The maximum absolute atomic E-state index is 8.49. The number of halogens is 6. The zero-order valence-electron chi connectivity index (χ0n) is 66.4. The predicted molar refractivity (Wildman–Crippen MR) is 352 cm³/mol. The zero-order chi connectivity index (χ0) is 80.7. The van der Waals surface area contributed by atoms with Gasteiger partial charge >= 0.3 is 19.5 Å². The van der Waals surface area contributed by atoms with Crippen LogP contribution >= 0.6 is 0 Å². The second-order valence-corrected chi connectivity index (χ2v) is 30.8. The van der Waals surface area contributed by atoms with Crippen molar-refractivity contribution in [3.8, 4) is 22.8 Å². The van der Waals surface area contributed by atoms with Crippen LogP contribution in [0.1, 0.15) is 259 Å². The Bertz CT molecular complexity index is 2190. The van der Waals surface area contributed by atoms with E-state index in [1.165, 1.54) is 273 Å². The molecule has 0 atom stereocenters. The van der Waals surface area contributed by atoms with E-state index in [0.29, 0.717) is 0 Å². The van der Waals surface area contributed by atoms with Crippen molar-refractivity contribution < 1.29 is 204 Å². The van der Waals surface area contributed by atoms with Crippen LogP contribution in [0.2, 0.25) is 0 Å². The van der Waals surface area contributed by atoms with Crippen LogP contribution in [-0.4, -0.2) is 122 Å². The fourth-order valence-corrected chi connectivity index (χ4v) is 12.4. The van der Waals surface area contributed by atoms with Crippen molar-refractivity contribution in [2.75, 3.05) is 78.5 Å². The summed E-state index contributed by atoms with van der Waals surface area (Å²) in [6.07, 6.45) is 39.5. The molecule has 0 aliphatic rings. The molecule has 0 aromatic carbocycles. The maximum Gasteiger partial charge on any atom is 2.00 e. The number of unbranched alkanes of at least 4 members (excludes halogenated alkanes) is 12. The molecule has 0 fully saturated rings. The Morgan fingerprint density at radius 1 is 0.222 bits per heavy atom. The van der Waals surface area contributed by atoms with Gasteiger partial charge in [-0.3, -0.25) is 19.9 Å². The molecule has 0 saturated heterocycles. The summed E-state index contributed by atoms with van der Waals surface area (Å²) in [5.41, 5.74) is 9.45. The third-order valence-corrected chi connectivity index (χ3v) is 17.7. The molecule has 0 saturated carbocycles. The van der Waals surface area contributed by atoms with Crippen molar-refractivity contribution >= 4 is 0 Å². The monoisotopic (exact) mass is 1760 g/mol. The Hall–Kier alpha value is -1.85. The molecule has 2 N–H and O–H groups in total. The largest absolute Gasteiger partial charge is 2.00 e. The molecule has 36 heteroatoms. The maximum atomic E-state index is 8.49. The summed E-state index contributed by atoms with van der Waals surface area (Å²) in [6, 6.07) is 18.1. The van der Waals surface area contributed by atoms with Gasteiger partial charge in [0.15, 0.2) is 0 Å². The normalized spacial score (nSPS) is 11.9. The van der Waals surface area contributed by atoms with Crippen LogP contribution in [-0.2, 0) is 45.7 Å². The summed E-state index contributed by atoms with van der Waals surface area (Å²) >= 11 is 0. The van der Waals surface area contributed by atoms with Gasteiger partial charge in [-0.25, -0.2) is 93.2 Å². The van der Waals surface area contributed by atoms with Crippen LogP contribution in [0, 0.1) is 51.2 Å². The third-order valence-electron chi connectivity index (χ3n) is 17.7. The van der Waals surface area contributed by atoms with Crippen molar-refractivity contribution in [2.45, 2.75) is 263 Å². The fourth-order valence-electron chi connectivity index (χ4n) is 12.4. The quantitative estimate of drug-likeness (QED) is 0.0293. The van der Waals surface area contributed by atoms with E-state index >= 15 is 0 Å². The minimum Gasteiger partial charge on any atom is -1.00 e. The van der Waals surface area contributed by atoms with Gasteiger partial charge in [-0.15, -0.1) is 51.2 Å². The van der Waals surface area contributed by atoms with Gasteiger partial charge < -0.3 is 40.4 Å². The van der Waals surface area contributed by atoms with Crippen molar-refractivity contribution in [1.29, 1.82) is 0 Å². The van der Waals surface area contributed by atoms with Gasteiger partial charge in [0.2, 0.25) is 0 Å². The number of pyridine rings is 4. The first kappa shape index (κ1) is 117. The minimum atomic E-state index is -4.94. The Morgan fingerprint density at radius 3 is 0.398 bits per heavy atom. The molecular weight excluding hydrogens is 1640 g/mol. The topological polar surface area (TPSA) is 544 Å². The SMILES string of the molecule is CCCC[N+](CCCC)(CCCC)Cc1ccc(-c2ccc(C[N+](CCCC)(CCCC)CCCC)cn2)nc1.CCCC[N+](CCCC)(CCCC)Cc1ccc(-c2ccc(C[N+](CCCC)(CCCC)CCCC)cn2)nc1.O.[Br-].[O-][Cl+3]([O-])([O-])[O-].[O-][Cl+3]([O-])([O-])[O-].[O-][Cl+3]([O-])([O-])[O-].[O-][Cl+3]([O-])([O-])[O-].[O-][Cl+3]([O-])([O-])[O-].[Zn+2]. The predicted octanol–water partition coefficient (Wildman–Crippen LogP) is -8.45. The van der Waals surface area contributed by atoms with E-state index in [9.17, 15) is 0 Å². The van der Waals surface area contributed by atoms with Crippen molar-refractivity contribution in [2.24, 2.45) is 0 Å². The molecule has 29 nitrogen and oxygen atoms in total. The number of rotatable bonds is 46. The zero-order valence-corrected chi connectivity index (χ0v) is 74.8. The molecule has 0 unspecified atom stereocenters. The molecule has 4 rings (SSSR count). The summed E-state index contributed by atoms with van der Waals surface area (Å²) in [7, 11) is -24.7. The van der Waals surface area contributed by atoms with Crippen LogP contribution < -0.4 is 110 Å². The molecule has 4 aromatic rings. The summed E-state index contributed by atoms with van der Waals surface area (Å²) in [6.45, 7) is 47.7. The second-order valence-electron chi connectivity index (χ2n) is 27.0. The van der Waals surface area contributed by atoms with Gasteiger partial charge in [0.05, 0.1) is 101 Å². The van der Waals surface area contributed by atoms with E-state index in [1.807, 2.05) is 0 Å². The summed E-state index contributed by atoms with van der Waals surface area (Å²) in [4.78, 5) is 19.7. The van der Waals surface area contributed by atoms with Gasteiger partial charge in [-0.1, -0.05) is 160 Å². The number of quaternary nitrogens is 4. The Balaban J connectivity index is -0.000000357. The molecule has 0 amide bonds. The molecule has 108 heavy (non-hydrogen) atoms. The van der Waals surface area contributed by atoms with Crippen molar-refractivity contribution in [3.05, 3.63) is 95.6 Å². The van der Waals surface area contributed by atoms with Crippen molar-refractivity contribution in [1.82, 2.24) is 19.9 Å². The summed E-state index contributed by atoms with van der Waals surface area (Å²) in [5.74, 6) is 0. The standard InChI is InChI=1S/2C36H64N4.BrH.5ClHO4.H2O.Zn/c2*1-7-13-23-39(24-14-8-2,25-15-9-3)31-33-19-21-35(37-29-33)36-22-20-34(30-38-36)32-40(26-16-10-4,27-17-11-5)28-18-12-6;;5*2-1(3,4)5;;/h2*19-22,29-30H,7-18,23-28,31-32H2,1-6H3;1H;5*(H,2,3,4,5);1H2;/q2*+2;;;;;;;;+2/p-6. The Morgan fingerprint density at radius 2 is 0.324 bits per heavy atom. The van der Waals surface area contributed by atoms with Crippen molar-refractivity contribution in [3.63, 3.8) is 0 Å². The van der Waals surface area contributed by atoms with Crippen LogP contribution in [0.4, 0.5) is 0 Å². The molecule has 0 radical (unpaired) electrons. The van der Waals surface area contributed by atoms with E-state index in [4.69, 9.17) is 113 Å². The molecule has 0 aliphatic heterocycles. The van der Waals surface area contributed by atoms with E-state index in [0.717, 1.165) is 49.0 Å². The van der Waals surface area contributed by atoms with E-state index in [1.54, 1.807) is 0 Å². The van der Waals surface area contributed by atoms with Crippen LogP contribution in [0.25, 0.3) is 22.8 Å². The van der Waals surface area contributed by atoms with Crippen LogP contribution in [0.15, 0.2) is 73.3 Å². The smallest absolute Gasteiger partial charge is 1.00 e. The van der Waals surface area contributed by atoms with Crippen LogP contribution in [0.3, 0.4) is 0 Å². The summed E-state index contributed by atoms with van der Waals surface area (Å²) < 4.78 is 175. The number of hydrogen-bond acceptors (Lipinski definition) is 24. The Labute approximate surface area is 679 Å². The number of hydrogen-bond donors (Lipinski definition) is 0. The average molecular weight is 1770 g/mol.